The Labute approximate surface area is 209 Å². The van der Waals surface area contributed by atoms with Crippen molar-refractivity contribution in [1.29, 1.82) is 0 Å². The molecule has 8 nitrogen and oxygen atoms in total. The maximum atomic E-state index is 13.0. The Morgan fingerprint density at radius 1 is 1.06 bits per heavy atom. The van der Waals surface area contributed by atoms with E-state index in [1.54, 1.807) is 31.4 Å². The Kier molecular flexibility index (Phi) is 7.87. The molecule has 0 aromatic heterocycles. The standard InChI is InChI=1S/C28H28N2O6/c1-3-14-30(17-21-10-13-24-26(36-18-35-24)25(21)28(32)33)16-20-6-4-5-7-23(20)27(31)29-15-19-8-11-22(34-2)12-9-19/h3-13H,1,14-18H2,2H3,(H,29,31)(H,32,33). The van der Waals surface area contributed by atoms with Crippen LogP contribution in [0.25, 0.3) is 0 Å². The van der Waals surface area contributed by atoms with Crippen LogP contribution >= 0.6 is 0 Å². The Bertz CT molecular complexity index is 1260. The van der Waals surface area contributed by atoms with Crippen molar-refractivity contribution in [3.8, 4) is 17.2 Å². The molecule has 3 aromatic rings. The number of carboxylic acids is 1. The van der Waals surface area contributed by atoms with Crippen molar-refractivity contribution < 1.29 is 28.9 Å². The van der Waals surface area contributed by atoms with Gasteiger partial charge in [-0.1, -0.05) is 42.5 Å². The first-order chi connectivity index (χ1) is 17.5. The number of amides is 1. The highest BCUT2D eigenvalue weighted by atomic mass is 16.7. The van der Waals surface area contributed by atoms with E-state index in [0.717, 1.165) is 16.9 Å². The van der Waals surface area contributed by atoms with Crippen LogP contribution in [0.2, 0.25) is 0 Å². The summed E-state index contributed by atoms with van der Waals surface area (Å²) in [5.41, 5.74) is 3.02. The number of carbonyl (C=O) groups is 2. The third-order valence-electron chi connectivity index (χ3n) is 5.89. The van der Waals surface area contributed by atoms with E-state index in [-0.39, 0.29) is 24.0 Å². The summed E-state index contributed by atoms with van der Waals surface area (Å²) in [6.45, 7) is 5.46. The zero-order chi connectivity index (χ0) is 25.5. The molecular weight excluding hydrogens is 460 g/mol. The number of ether oxygens (including phenoxy) is 3. The van der Waals surface area contributed by atoms with Crippen molar-refractivity contribution in [1.82, 2.24) is 10.2 Å². The number of rotatable bonds is 11. The third kappa shape index (κ3) is 5.67. The number of carbonyl (C=O) groups excluding carboxylic acids is 1. The number of hydrogen-bond acceptors (Lipinski definition) is 6. The molecule has 1 aliphatic heterocycles. The van der Waals surface area contributed by atoms with Crippen LogP contribution in [0.1, 0.15) is 37.4 Å². The Hall–Kier alpha value is -4.30. The van der Waals surface area contributed by atoms with Gasteiger partial charge >= 0.3 is 5.97 Å². The summed E-state index contributed by atoms with van der Waals surface area (Å²) in [5.74, 6) is 0.159. The van der Waals surface area contributed by atoms with E-state index < -0.39 is 5.97 Å². The van der Waals surface area contributed by atoms with Crippen LogP contribution in [-0.2, 0) is 19.6 Å². The average molecular weight is 489 g/mol. The molecule has 0 spiro atoms. The van der Waals surface area contributed by atoms with E-state index in [4.69, 9.17) is 14.2 Å². The number of aromatic carboxylic acids is 1. The van der Waals surface area contributed by atoms with Crippen LogP contribution < -0.4 is 19.5 Å². The molecule has 1 amide bonds. The minimum Gasteiger partial charge on any atom is -0.497 e. The molecule has 3 aromatic carbocycles. The van der Waals surface area contributed by atoms with Crippen LogP contribution in [0.3, 0.4) is 0 Å². The van der Waals surface area contributed by atoms with Gasteiger partial charge in [-0.05, 0) is 41.0 Å². The summed E-state index contributed by atoms with van der Waals surface area (Å²) in [6, 6.07) is 18.4. The first-order valence-electron chi connectivity index (χ1n) is 11.5. The zero-order valence-electron chi connectivity index (χ0n) is 20.0. The molecule has 0 saturated carbocycles. The molecule has 1 heterocycles. The van der Waals surface area contributed by atoms with E-state index >= 15 is 0 Å². The van der Waals surface area contributed by atoms with Gasteiger partial charge in [0.15, 0.2) is 11.5 Å². The second-order valence-electron chi connectivity index (χ2n) is 8.28. The van der Waals surface area contributed by atoms with Crippen molar-refractivity contribution in [3.05, 3.63) is 101 Å². The lowest BCUT2D eigenvalue weighted by atomic mass is 10.0. The van der Waals surface area contributed by atoms with Gasteiger partial charge in [0.1, 0.15) is 11.3 Å². The Balaban J connectivity index is 1.51. The van der Waals surface area contributed by atoms with Crippen LogP contribution in [0.4, 0.5) is 0 Å². The average Bonchev–Trinajstić information content (AvgIpc) is 3.36. The van der Waals surface area contributed by atoms with E-state index in [9.17, 15) is 14.7 Å². The summed E-state index contributed by atoms with van der Waals surface area (Å²) in [7, 11) is 1.61. The molecule has 0 radical (unpaired) electrons. The maximum absolute atomic E-state index is 13.0. The van der Waals surface area contributed by atoms with E-state index in [2.05, 4.69) is 11.9 Å². The largest absolute Gasteiger partial charge is 0.497 e. The van der Waals surface area contributed by atoms with Crippen LogP contribution in [0, 0.1) is 0 Å². The van der Waals surface area contributed by atoms with E-state index in [1.807, 2.05) is 47.4 Å². The number of fused-ring (bicyclic) bond motifs is 1. The molecule has 8 heteroatoms. The topological polar surface area (TPSA) is 97.3 Å². The summed E-state index contributed by atoms with van der Waals surface area (Å²) in [6.07, 6.45) is 1.75. The summed E-state index contributed by atoms with van der Waals surface area (Å²) < 4.78 is 15.9. The van der Waals surface area contributed by atoms with Gasteiger partial charge in [0.2, 0.25) is 6.79 Å². The Morgan fingerprint density at radius 2 is 1.81 bits per heavy atom. The van der Waals surface area contributed by atoms with Gasteiger partial charge in [0, 0.05) is 31.7 Å². The first kappa shape index (κ1) is 24.8. The molecule has 186 valence electrons. The van der Waals surface area contributed by atoms with Crippen molar-refractivity contribution in [2.24, 2.45) is 0 Å². The van der Waals surface area contributed by atoms with Crippen molar-refractivity contribution in [2.75, 3.05) is 20.4 Å². The maximum Gasteiger partial charge on any atom is 0.339 e. The predicted octanol–water partition coefficient (Wildman–Crippen LogP) is 4.24. The van der Waals surface area contributed by atoms with Gasteiger partial charge in [-0.25, -0.2) is 4.79 Å². The van der Waals surface area contributed by atoms with Gasteiger partial charge in [-0.3, -0.25) is 9.69 Å². The van der Waals surface area contributed by atoms with Gasteiger partial charge in [0.05, 0.1) is 7.11 Å². The summed E-state index contributed by atoms with van der Waals surface area (Å²) >= 11 is 0. The molecule has 0 bridgehead atoms. The second-order valence-corrected chi connectivity index (χ2v) is 8.28. The number of benzene rings is 3. The first-order valence-corrected chi connectivity index (χ1v) is 11.5. The minimum absolute atomic E-state index is 0.00550. The number of carboxylic acid groups (broad SMARTS) is 1. The molecule has 36 heavy (non-hydrogen) atoms. The number of methoxy groups -OCH3 is 1. The highest BCUT2D eigenvalue weighted by Crippen LogP contribution is 2.38. The van der Waals surface area contributed by atoms with Gasteiger partial charge < -0.3 is 24.6 Å². The Morgan fingerprint density at radius 3 is 2.53 bits per heavy atom. The number of hydrogen-bond donors (Lipinski definition) is 2. The van der Waals surface area contributed by atoms with Crippen molar-refractivity contribution in [3.63, 3.8) is 0 Å². The van der Waals surface area contributed by atoms with Gasteiger partial charge in [-0.2, -0.15) is 0 Å². The number of nitrogens with zero attached hydrogens (tertiary/aromatic N) is 1. The molecule has 0 unspecified atom stereocenters. The smallest absolute Gasteiger partial charge is 0.339 e. The van der Waals surface area contributed by atoms with E-state index in [1.165, 1.54) is 0 Å². The zero-order valence-corrected chi connectivity index (χ0v) is 20.0. The summed E-state index contributed by atoms with van der Waals surface area (Å²) in [5, 5.41) is 12.8. The normalized spacial score (nSPS) is 11.8. The van der Waals surface area contributed by atoms with Gasteiger partial charge in [0.25, 0.3) is 5.91 Å². The second kappa shape index (κ2) is 11.4. The predicted molar refractivity (Wildman–Crippen MR) is 134 cm³/mol. The lowest BCUT2D eigenvalue weighted by molar-refractivity contribution is 0.0689. The molecule has 4 rings (SSSR count). The molecule has 0 atom stereocenters. The molecule has 0 saturated heterocycles. The van der Waals surface area contributed by atoms with Crippen molar-refractivity contribution in [2.45, 2.75) is 19.6 Å². The number of nitrogens with one attached hydrogen (secondary N) is 1. The quantitative estimate of drug-likeness (QED) is 0.390. The summed E-state index contributed by atoms with van der Waals surface area (Å²) in [4.78, 5) is 27.1. The third-order valence-corrected chi connectivity index (χ3v) is 5.89. The monoisotopic (exact) mass is 488 g/mol. The fourth-order valence-electron chi connectivity index (χ4n) is 4.13. The fourth-order valence-corrected chi connectivity index (χ4v) is 4.13. The van der Waals surface area contributed by atoms with Crippen LogP contribution in [0.5, 0.6) is 17.2 Å². The fraction of sp³-hybridized carbons (Fsp3) is 0.214. The van der Waals surface area contributed by atoms with E-state index in [0.29, 0.717) is 43.1 Å². The highest BCUT2D eigenvalue weighted by Gasteiger charge is 2.26. The molecule has 2 N–H and O–H groups in total. The molecular formula is C28H28N2O6. The molecule has 0 fully saturated rings. The van der Waals surface area contributed by atoms with Crippen LogP contribution in [-0.4, -0.2) is 42.3 Å². The lowest BCUT2D eigenvalue weighted by Crippen LogP contribution is -2.28. The lowest BCUT2D eigenvalue weighted by Gasteiger charge is -2.23. The molecule has 1 aliphatic rings. The minimum atomic E-state index is -1.08. The van der Waals surface area contributed by atoms with Crippen molar-refractivity contribution >= 4 is 11.9 Å². The highest BCUT2D eigenvalue weighted by molar-refractivity contribution is 5.95. The van der Waals surface area contributed by atoms with Crippen LogP contribution in [0.15, 0.2) is 73.3 Å². The van der Waals surface area contributed by atoms with Gasteiger partial charge in [-0.15, -0.1) is 6.58 Å². The SMILES string of the molecule is C=CCN(Cc1ccccc1C(=O)NCc1ccc(OC)cc1)Cc1ccc2c(c1C(=O)O)OCO2. The molecule has 0 aliphatic carbocycles.